The quantitative estimate of drug-likeness (QED) is 0.602. The molecule has 1 fully saturated rings. The van der Waals surface area contributed by atoms with Gasteiger partial charge in [0.15, 0.2) is 0 Å². The molecule has 0 aromatic rings. The smallest absolute Gasteiger partial charge is 0.428 e. The molecule has 0 saturated carbocycles. The van der Waals surface area contributed by atoms with Gasteiger partial charge in [0.2, 0.25) is 0 Å². The van der Waals surface area contributed by atoms with Crippen LogP contribution in [0.25, 0.3) is 0 Å². The van der Waals surface area contributed by atoms with Gasteiger partial charge in [-0.15, -0.1) is 0 Å². The standard InChI is InChI=1S/C5H12N2.C3H10O3Si.C2H8OSi/c1-4(6)5-2-7-3-5;1-4-7(5-2)6-3;1-2-3-4/h4-5,7H,2-3,6H2,1H3;7H,1-3H3;2H2,1,4H3. The summed E-state index contributed by atoms with van der Waals surface area (Å²) >= 11 is 0. The summed E-state index contributed by atoms with van der Waals surface area (Å²) in [6.07, 6.45) is 0. The van der Waals surface area contributed by atoms with E-state index in [-0.39, 0.29) is 0 Å². The summed E-state index contributed by atoms with van der Waals surface area (Å²) in [5, 5.41) is 3.16. The lowest BCUT2D eigenvalue weighted by molar-refractivity contribution is 0.163. The Labute approximate surface area is 116 Å². The minimum Gasteiger partial charge on any atom is -0.428 e. The molecule has 0 aromatic heterocycles. The van der Waals surface area contributed by atoms with Crippen molar-refractivity contribution in [3.8, 4) is 0 Å². The zero-order chi connectivity index (χ0) is 14.4. The van der Waals surface area contributed by atoms with Gasteiger partial charge < -0.3 is 28.8 Å². The monoisotopic (exact) mass is 298 g/mol. The van der Waals surface area contributed by atoms with Crippen LogP contribution in [0.5, 0.6) is 0 Å². The Balaban J connectivity index is 0. The first-order valence-corrected chi connectivity index (χ1v) is 8.33. The van der Waals surface area contributed by atoms with Gasteiger partial charge in [-0.05, 0) is 19.8 Å². The Kier molecular flexibility index (Phi) is 17.4. The molecule has 112 valence electrons. The summed E-state index contributed by atoms with van der Waals surface area (Å²) in [6, 6.07) is 0.390. The van der Waals surface area contributed by atoms with Gasteiger partial charge in [0, 0.05) is 47.1 Å². The molecule has 0 amide bonds. The van der Waals surface area contributed by atoms with E-state index in [1.807, 2.05) is 6.92 Å². The molecule has 1 aliphatic heterocycles. The fourth-order valence-corrected chi connectivity index (χ4v) is 1.55. The molecule has 0 radical (unpaired) electrons. The molecule has 8 heteroatoms. The van der Waals surface area contributed by atoms with Crippen LogP contribution >= 0.6 is 0 Å². The lowest BCUT2D eigenvalue weighted by atomic mass is 9.96. The molecule has 0 bridgehead atoms. The Morgan fingerprint density at radius 2 is 1.67 bits per heavy atom. The van der Waals surface area contributed by atoms with E-state index in [0.717, 1.165) is 36.1 Å². The van der Waals surface area contributed by atoms with Crippen LogP contribution in [-0.4, -0.2) is 67.1 Å². The molecule has 1 unspecified atom stereocenters. The Hall–Kier alpha value is 0.194. The highest BCUT2D eigenvalue weighted by Crippen LogP contribution is 2.04. The molecular formula is C10H30N2O4Si2. The first-order valence-electron chi connectivity index (χ1n) is 6.10. The molecule has 1 saturated heterocycles. The lowest BCUT2D eigenvalue weighted by Crippen LogP contribution is -2.50. The van der Waals surface area contributed by atoms with Gasteiger partial charge in [-0.1, -0.05) is 0 Å². The lowest BCUT2D eigenvalue weighted by Gasteiger charge is -2.30. The molecular weight excluding hydrogens is 268 g/mol. The minimum absolute atomic E-state index is 0.390. The van der Waals surface area contributed by atoms with Gasteiger partial charge in [0.05, 0.1) is 0 Å². The van der Waals surface area contributed by atoms with E-state index in [2.05, 4.69) is 16.7 Å². The van der Waals surface area contributed by atoms with Crippen LogP contribution in [-0.2, 0) is 17.7 Å². The van der Waals surface area contributed by atoms with Crippen molar-refractivity contribution in [2.75, 3.05) is 41.0 Å². The van der Waals surface area contributed by atoms with Crippen LogP contribution in [0, 0.1) is 5.92 Å². The van der Waals surface area contributed by atoms with Crippen LogP contribution in [0.15, 0.2) is 0 Å². The van der Waals surface area contributed by atoms with Crippen LogP contribution in [0.2, 0.25) is 0 Å². The van der Waals surface area contributed by atoms with Crippen molar-refractivity contribution < 1.29 is 17.7 Å². The predicted molar refractivity (Wildman–Crippen MR) is 79.8 cm³/mol. The zero-order valence-corrected chi connectivity index (χ0v) is 15.7. The van der Waals surface area contributed by atoms with E-state index < -0.39 is 9.53 Å². The normalized spacial score (nSPS) is 16.2. The molecule has 1 rings (SSSR count). The summed E-state index contributed by atoms with van der Waals surface area (Å²) in [6.45, 7) is 7.18. The van der Waals surface area contributed by atoms with Gasteiger partial charge in [0.1, 0.15) is 10.5 Å². The number of nitrogens with two attached hydrogens (primary N) is 1. The maximum atomic E-state index is 5.56. The van der Waals surface area contributed by atoms with Crippen molar-refractivity contribution in [2.24, 2.45) is 11.7 Å². The Morgan fingerprint density at radius 3 is 1.67 bits per heavy atom. The van der Waals surface area contributed by atoms with Crippen molar-refractivity contribution >= 4 is 20.0 Å². The number of hydrogen-bond acceptors (Lipinski definition) is 6. The Bertz CT molecular complexity index is 148. The molecule has 0 spiro atoms. The highest BCUT2D eigenvalue weighted by atomic mass is 28.3. The average Bonchev–Trinajstić information content (AvgIpc) is 2.29. The second-order valence-electron chi connectivity index (χ2n) is 3.85. The SMILES string of the molecule is CC(N)C1CNC1.CCO[SiH3].CO[SiH](OC)OC. The predicted octanol–water partition coefficient (Wildman–Crippen LogP) is -1.50. The van der Waals surface area contributed by atoms with Gasteiger partial charge in [0.25, 0.3) is 0 Å². The average molecular weight is 299 g/mol. The van der Waals surface area contributed by atoms with Crippen molar-refractivity contribution in [1.29, 1.82) is 0 Å². The van der Waals surface area contributed by atoms with Crippen LogP contribution in [0.3, 0.4) is 0 Å². The molecule has 1 atom stereocenters. The Morgan fingerprint density at radius 1 is 1.28 bits per heavy atom. The van der Waals surface area contributed by atoms with E-state index in [0.29, 0.717) is 6.04 Å². The van der Waals surface area contributed by atoms with Crippen LogP contribution in [0.4, 0.5) is 0 Å². The number of nitrogens with one attached hydrogen (secondary N) is 1. The van der Waals surface area contributed by atoms with Crippen LogP contribution in [0.1, 0.15) is 13.8 Å². The van der Waals surface area contributed by atoms with Crippen molar-refractivity contribution in [3.05, 3.63) is 0 Å². The third-order valence-electron chi connectivity index (χ3n) is 2.42. The highest BCUT2D eigenvalue weighted by molar-refractivity contribution is 6.36. The second-order valence-corrected chi connectivity index (χ2v) is 6.42. The summed E-state index contributed by atoms with van der Waals surface area (Å²) in [5.74, 6) is 0.750. The first-order chi connectivity index (χ1) is 8.56. The third-order valence-corrected chi connectivity index (χ3v) is 4.15. The van der Waals surface area contributed by atoms with E-state index in [4.69, 9.17) is 19.0 Å². The molecule has 3 N–H and O–H groups in total. The van der Waals surface area contributed by atoms with Gasteiger partial charge in [-0.3, -0.25) is 0 Å². The second kappa shape index (κ2) is 15.3. The maximum absolute atomic E-state index is 5.56. The topological polar surface area (TPSA) is 75.0 Å². The van der Waals surface area contributed by atoms with Gasteiger partial charge in [-0.2, -0.15) is 0 Å². The van der Waals surface area contributed by atoms with E-state index in [1.165, 1.54) is 0 Å². The van der Waals surface area contributed by atoms with E-state index >= 15 is 0 Å². The van der Waals surface area contributed by atoms with Crippen molar-refractivity contribution in [2.45, 2.75) is 19.9 Å². The van der Waals surface area contributed by atoms with Crippen LogP contribution < -0.4 is 11.1 Å². The molecule has 18 heavy (non-hydrogen) atoms. The zero-order valence-electron chi connectivity index (χ0n) is 12.6. The highest BCUT2D eigenvalue weighted by Gasteiger charge is 2.19. The van der Waals surface area contributed by atoms with Gasteiger partial charge in [-0.25, -0.2) is 0 Å². The summed E-state index contributed by atoms with van der Waals surface area (Å²) in [5.41, 5.74) is 5.56. The summed E-state index contributed by atoms with van der Waals surface area (Å²) in [7, 11) is 3.94. The van der Waals surface area contributed by atoms with Crippen molar-refractivity contribution in [1.82, 2.24) is 5.32 Å². The van der Waals surface area contributed by atoms with E-state index in [9.17, 15) is 0 Å². The summed E-state index contributed by atoms with van der Waals surface area (Å²) in [4.78, 5) is 0. The molecule has 1 aliphatic rings. The number of rotatable bonds is 5. The minimum atomic E-state index is -1.67. The fraction of sp³-hybridized carbons (Fsp3) is 1.00. The maximum Gasteiger partial charge on any atom is 0.483 e. The fourth-order valence-electron chi connectivity index (χ4n) is 0.971. The molecule has 6 nitrogen and oxygen atoms in total. The summed E-state index contributed by atoms with van der Waals surface area (Å²) < 4.78 is 18.9. The first kappa shape index (κ1) is 20.5. The molecule has 0 aromatic carbocycles. The number of hydrogen-bond donors (Lipinski definition) is 2. The molecule has 1 heterocycles. The third kappa shape index (κ3) is 12.6. The molecule has 0 aliphatic carbocycles. The van der Waals surface area contributed by atoms with Crippen molar-refractivity contribution in [3.63, 3.8) is 0 Å². The van der Waals surface area contributed by atoms with Gasteiger partial charge >= 0.3 is 9.53 Å². The largest absolute Gasteiger partial charge is 0.483 e. The van der Waals surface area contributed by atoms with E-state index in [1.54, 1.807) is 21.3 Å².